The SMILES string of the molecule is CC1(C)OB(CC/C=C(/CO)c2ccsc2)OC1(C)C. The van der Waals surface area contributed by atoms with Gasteiger partial charge in [0, 0.05) is 0 Å². The Morgan fingerprint density at radius 3 is 2.45 bits per heavy atom. The molecule has 2 rings (SSSR count). The highest BCUT2D eigenvalue weighted by Gasteiger charge is 2.50. The second-order valence-corrected chi connectivity index (χ2v) is 6.94. The van der Waals surface area contributed by atoms with Gasteiger partial charge >= 0.3 is 7.12 Å². The number of thiophene rings is 1. The summed E-state index contributed by atoms with van der Waals surface area (Å²) in [5.74, 6) is 0. The van der Waals surface area contributed by atoms with Crippen molar-refractivity contribution >= 4 is 24.0 Å². The van der Waals surface area contributed by atoms with E-state index in [9.17, 15) is 5.11 Å². The van der Waals surface area contributed by atoms with Crippen molar-refractivity contribution in [2.45, 2.75) is 51.6 Å². The quantitative estimate of drug-likeness (QED) is 0.843. The minimum Gasteiger partial charge on any atom is -0.403 e. The first-order chi connectivity index (χ1) is 9.36. The molecule has 0 bridgehead atoms. The minimum atomic E-state index is -0.269. The van der Waals surface area contributed by atoms with Crippen LogP contribution in [0.1, 0.15) is 39.7 Å². The van der Waals surface area contributed by atoms with Crippen molar-refractivity contribution in [3.05, 3.63) is 28.5 Å². The predicted molar refractivity (Wildman–Crippen MR) is 84.9 cm³/mol. The van der Waals surface area contributed by atoms with Crippen LogP contribution in [0, 0.1) is 0 Å². The highest BCUT2D eigenvalue weighted by Crippen LogP contribution is 2.38. The van der Waals surface area contributed by atoms with Crippen LogP contribution in [0.15, 0.2) is 22.9 Å². The zero-order chi connectivity index (χ0) is 14.8. The number of rotatable bonds is 5. The summed E-state index contributed by atoms with van der Waals surface area (Å²) in [7, 11) is -0.168. The van der Waals surface area contributed by atoms with Gasteiger partial charge in [0.2, 0.25) is 0 Å². The molecule has 1 aromatic rings. The van der Waals surface area contributed by atoms with Crippen LogP contribution in [0.25, 0.3) is 5.57 Å². The third-order valence-electron chi connectivity index (χ3n) is 4.16. The lowest BCUT2D eigenvalue weighted by Gasteiger charge is -2.32. The van der Waals surface area contributed by atoms with E-state index in [1.807, 2.05) is 11.4 Å². The molecule has 5 heteroatoms. The predicted octanol–water partition coefficient (Wildman–Crippen LogP) is 3.61. The summed E-state index contributed by atoms with van der Waals surface area (Å²) in [6, 6.07) is 2.03. The number of aliphatic hydroxyl groups excluding tert-OH is 1. The summed E-state index contributed by atoms with van der Waals surface area (Å²) in [4.78, 5) is 0. The summed E-state index contributed by atoms with van der Waals surface area (Å²) in [6.07, 6.45) is 3.72. The van der Waals surface area contributed by atoms with Crippen LogP contribution in [-0.4, -0.2) is 30.0 Å². The largest absolute Gasteiger partial charge is 0.458 e. The maximum absolute atomic E-state index is 9.43. The first-order valence-electron chi connectivity index (χ1n) is 7.04. The molecule has 1 aromatic heterocycles. The average Bonchev–Trinajstić information content (AvgIpc) is 2.92. The molecule has 0 aliphatic carbocycles. The van der Waals surface area contributed by atoms with Gasteiger partial charge in [-0.05, 0) is 68.4 Å². The van der Waals surface area contributed by atoms with Crippen molar-refractivity contribution in [1.29, 1.82) is 0 Å². The highest BCUT2D eigenvalue weighted by atomic mass is 32.1. The minimum absolute atomic E-state index is 0.0695. The number of hydrogen-bond donors (Lipinski definition) is 1. The van der Waals surface area contributed by atoms with E-state index in [-0.39, 0.29) is 24.9 Å². The van der Waals surface area contributed by atoms with Gasteiger partial charge in [0.1, 0.15) is 0 Å². The van der Waals surface area contributed by atoms with Crippen LogP contribution in [0.3, 0.4) is 0 Å². The van der Waals surface area contributed by atoms with Crippen molar-refractivity contribution < 1.29 is 14.4 Å². The Morgan fingerprint density at radius 2 is 1.95 bits per heavy atom. The molecular weight excluding hydrogens is 271 g/mol. The van der Waals surface area contributed by atoms with Crippen molar-refractivity contribution in [3.8, 4) is 0 Å². The lowest BCUT2D eigenvalue weighted by Crippen LogP contribution is -2.41. The Balaban J connectivity index is 1.91. The van der Waals surface area contributed by atoms with E-state index in [0.717, 1.165) is 23.9 Å². The fraction of sp³-hybridized carbons (Fsp3) is 0.600. The van der Waals surface area contributed by atoms with E-state index in [1.165, 1.54) is 0 Å². The number of allylic oxidation sites excluding steroid dienone is 1. The van der Waals surface area contributed by atoms with Crippen molar-refractivity contribution in [2.75, 3.05) is 6.61 Å². The Hall–Kier alpha value is -0.615. The van der Waals surface area contributed by atoms with Gasteiger partial charge in [-0.15, -0.1) is 0 Å². The van der Waals surface area contributed by atoms with Crippen LogP contribution in [0.2, 0.25) is 6.32 Å². The molecular formula is C15H23BO3S. The molecule has 0 unspecified atom stereocenters. The van der Waals surface area contributed by atoms with Crippen molar-refractivity contribution in [1.82, 2.24) is 0 Å². The van der Waals surface area contributed by atoms with E-state index in [4.69, 9.17) is 9.31 Å². The van der Waals surface area contributed by atoms with Crippen molar-refractivity contribution in [3.63, 3.8) is 0 Å². The van der Waals surface area contributed by atoms with Crippen LogP contribution in [0.4, 0.5) is 0 Å². The maximum Gasteiger partial charge on any atom is 0.458 e. The smallest absolute Gasteiger partial charge is 0.403 e. The van der Waals surface area contributed by atoms with E-state index in [1.54, 1.807) is 11.3 Å². The summed E-state index contributed by atoms with van der Waals surface area (Å²) in [5.41, 5.74) is 1.54. The highest BCUT2D eigenvalue weighted by molar-refractivity contribution is 7.08. The first-order valence-corrected chi connectivity index (χ1v) is 7.98. The first kappa shape index (κ1) is 15.8. The standard InChI is InChI=1S/C15H23BO3S/c1-14(2)15(3,4)19-16(18-14)8-5-6-12(10-17)13-7-9-20-11-13/h6-7,9,11,17H,5,8,10H2,1-4H3/b12-6-. The van der Waals surface area contributed by atoms with Crippen LogP contribution in [0.5, 0.6) is 0 Å². The third kappa shape index (κ3) is 3.34. The average molecular weight is 294 g/mol. The van der Waals surface area contributed by atoms with E-state index >= 15 is 0 Å². The lowest BCUT2D eigenvalue weighted by molar-refractivity contribution is 0.00578. The molecule has 3 nitrogen and oxygen atoms in total. The molecule has 1 saturated heterocycles. The molecule has 0 aromatic carbocycles. The Labute approximate surface area is 125 Å². The fourth-order valence-corrected chi connectivity index (χ4v) is 2.88. The van der Waals surface area contributed by atoms with E-state index in [0.29, 0.717) is 0 Å². The zero-order valence-electron chi connectivity index (χ0n) is 12.7. The topological polar surface area (TPSA) is 38.7 Å². The normalized spacial score (nSPS) is 21.4. The number of aliphatic hydroxyl groups is 1. The molecule has 2 heterocycles. The fourth-order valence-electron chi connectivity index (χ4n) is 2.20. The lowest BCUT2D eigenvalue weighted by atomic mass is 9.82. The molecule has 1 aliphatic heterocycles. The van der Waals surface area contributed by atoms with Gasteiger partial charge in [-0.2, -0.15) is 11.3 Å². The number of hydrogen-bond acceptors (Lipinski definition) is 4. The van der Waals surface area contributed by atoms with Gasteiger partial charge in [-0.3, -0.25) is 0 Å². The summed E-state index contributed by atoms with van der Waals surface area (Å²) in [6.45, 7) is 8.32. The molecule has 0 radical (unpaired) electrons. The molecule has 110 valence electrons. The van der Waals surface area contributed by atoms with Gasteiger partial charge < -0.3 is 14.4 Å². The second-order valence-electron chi connectivity index (χ2n) is 6.16. The van der Waals surface area contributed by atoms with Crippen LogP contribution in [-0.2, 0) is 9.31 Å². The molecule has 0 atom stereocenters. The van der Waals surface area contributed by atoms with Gasteiger partial charge in [-0.25, -0.2) is 0 Å². The van der Waals surface area contributed by atoms with Gasteiger partial charge in [0.05, 0.1) is 17.8 Å². The second kappa shape index (κ2) is 6.02. The van der Waals surface area contributed by atoms with Crippen LogP contribution < -0.4 is 0 Å². The van der Waals surface area contributed by atoms with E-state index < -0.39 is 0 Å². The van der Waals surface area contributed by atoms with E-state index in [2.05, 4.69) is 39.2 Å². The molecule has 1 fully saturated rings. The molecule has 0 saturated carbocycles. The third-order valence-corrected chi connectivity index (χ3v) is 4.84. The zero-order valence-corrected chi connectivity index (χ0v) is 13.5. The monoisotopic (exact) mass is 294 g/mol. The Bertz CT molecular complexity index is 449. The Morgan fingerprint density at radius 1 is 1.30 bits per heavy atom. The maximum atomic E-state index is 9.43. The Kier molecular flexibility index (Phi) is 4.74. The molecule has 0 spiro atoms. The molecule has 1 N–H and O–H groups in total. The molecule has 0 amide bonds. The van der Waals surface area contributed by atoms with Gasteiger partial charge in [0.25, 0.3) is 0 Å². The summed E-state index contributed by atoms with van der Waals surface area (Å²) < 4.78 is 11.9. The van der Waals surface area contributed by atoms with Crippen molar-refractivity contribution in [2.24, 2.45) is 0 Å². The van der Waals surface area contributed by atoms with Crippen LogP contribution >= 0.6 is 11.3 Å². The molecule has 1 aliphatic rings. The van der Waals surface area contributed by atoms with Gasteiger partial charge in [-0.1, -0.05) is 6.08 Å². The molecule has 20 heavy (non-hydrogen) atoms. The summed E-state index contributed by atoms with van der Waals surface area (Å²) in [5, 5.41) is 13.5. The van der Waals surface area contributed by atoms with Gasteiger partial charge in [0.15, 0.2) is 0 Å². The summed E-state index contributed by atoms with van der Waals surface area (Å²) >= 11 is 1.64.